The molecule has 2 fully saturated rings. The zero-order chi connectivity index (χ0) is 29.9. The Labute approximate surface area is 243 Å². The highest BCUT2D eigenvalue weighted by atomic mass is 31.2. The lowest BCUT2D eigenvalue weighted by Crippen LogP contribution is -2.45. The van der Waals surface area contributed by atoms with Crippen LogP contribution in [0.2, 0.25) is 0 Å². The van der Waals surface area contributed by atoms with E-state index >= 15 is 0 Å². The molecule has 1 saturated heterocycles. The Bertz CT molecular complexity index is 1420. The third kappa shape index (κ3) is 6.61. The highest BCUT2D eigenvalue weighted by Crippen LogP contribution is 2.48. The van der Waals surface area contributed by atoms with Crippen LogP contribution in [0.5, 0.6) is 5.75 Å². The van der Waals surface area contributed by atoms with E-state index < -0.39 is 50.3 Å². The van der Waals surface area contributed by atoms with Crippen molar-refractivity contribution in [1.82, 2.24) is 19.7 Å². The van der Waals surface area contributed by atoms with Gasteiger partial charge in [-0.15, -0.1) is 0 Å². The van der Waals surface area contributed by atoms with E-state index in [0.717, 1.165) is 38.5 Å². The molecule has 3 aromatic rings. The first kappa shape index (κ1) is 30.4. The summed E-state index contributed by atoms with van der Waals surface area (Å²) >= 11 is 0. The number of fused-ring (bicyclic) bond motifs is 1. The first-order valence-corrected chi connectivity index (χ1v) is 15.7. The number of rotatable bonds is 10. The SMILES string of the molecule is C[C@H](NP(=O)(OC[C@@]1(C)O[C@@H](c2ccc3c(N)ncnn23)[C@H](O)[C@@H]1O)Oc1ccccc1)C(=O)OC1CCCCCC1. The van der Waals surface area contributed by atoms with Crippen LogP contribution in [0.4, 0.5) is 5.82 Å². The monoisotopic (exact) mass is 603 g/mol. The van der Waals surface area contributed by atoms with Crippen molar-refractivity contribution in [2.24, 2.45) is 0 Å². The third-order valence-electron chi connectivity index (χ3n) is 7.74. The molecule has 1 unspecified atom stereocenters. The van der Waals surface area contributed by atoms with Crippen LogP contribution < -0.4 is 15.3 Å². The summed E-state index contributed by atoms with van der Waals surface area (Å²) in [6, 6.07) is 10.7. The molecule has 0 spiro atoms. The molecule has 13 nitrogen and oxygen atoms in total. The number of aromatic nitrogens is 3. The smallest absolute Gasteiger partial charge is 0.459 e. The number of para-hydroxylation sites is 1. The zero-order valence-electron chi connectivity index (χ0n) is 23.7. The molecule has 1 aromatic carbocycles. The fourth-order valence-electron chi connectivity index (χ4n) is 5.34. The van der Waals surface area contributed by atoms with Crippen LogP contribution in [0.1, 0.15) is 64.2 Å². The van der Waals surface area contributed by atoms with Crippen molar-refractivity contribution >= 4 is 25.1 Å². The molecule has 6 atom stereocenters. The Hall–Kier alpha value is -3.06. The number of esters is 1. The molecule has 5 N–H and O–H groups in total. The first-order valence-electron chi connectivity index (χ1n) is 14.2. The molecule has 1 aliphatic carbocycles. The van der Waals surface area contributed by atoms with Crippen LogP contribution in [-0.4, -0.2) is 67.3 Å². The van der Waals surface area contributed by atoms with Crippen LogP contribution >= 0.6 is 7.75 Å². The van der Waals surface area contributed by atoms with Crippen LogP contribution in [0.25, 0.3) is 5.52 Å². The molecule has 42 heavy (non-hydrogen) atoms. The zero-order valence-corrected chi connectivity index (χ0v) is 24.6. The normalized spacial score (nSPS) is 27.3. The van der Waals surface area contributed by atoms with Crippen molar-refractivity contribution in [3.63, 3.8) is 0 Å². The van der Waals surface area contributed by atoms with E-state index in [1.165, 1.54) is 24.7 Å². The van der Waals surface area contributed by atoms with Gasteiger partial charge < -0.3 is 29.9 Å². The van der Waals surface area contributed by atoms with Crippen LogP contribution in [-0.2, 0) is 23.4 Å². The minimum absolute atomic E-state index is 0.190. The first-order chi connectivity index (χ1) is 20.1. The number of hydrogen-bond acceptors (Lipinski definition) is 11. The number of anilines is 1. The summed E-state index contributed by atoms with van der Waals surface area (Å²) in [5, 5.41) is 28.9. The highest BCUT2D eigenvalue weighted by Gasteiger charge is 2.54. The van der Waals surface area contributed by atoms with E-state index in [4.69, 9.17) is 24.3 Å². The van der Waals surface area contributed by atoms with E-state index in [-0.39, 0.29) is 17.7 Å². The van der Waals surface area contributed by atoms with Gasteiger partial charge in [0.2, 0.25) is 0 Å². The number of aliphatic hydroxyl groups excluding tert-OH is 2. The second kappa shape index (κ2) is 12.7. The third-order valence-corrected chi connectivity index (χ3v) is 9.36. The van der Waals surface area contributed by atoms with Gasteiger partial charge in [0, 0.05) is 0 Å². The van der Waals surface area contributed by atoms with Crippen molar-refractivity contribution in [2.75, 3.05) is 12.3 Å². The van der Waals surface area contributed by atoms with Gasteiger partial charge in [-0.25, -0.2) is 14.1 Å². The second-order valence-electron chi connectivity index (χ2n) is 11.1. The van der Waals surface area contributed by atoms with Gasteiger partial charge in [0.1, 0.15) is 53.7 Å². The lowest BCUT2D eigenvalue weighted by molar-refractivity contribution is -0.151. The van der Waals surface area contributed by atoms with Gasteiger partial charge in [-0.1, -0.05) is 31.0 Å². The van der Waals surface area contributed by atoms with Crippen molar-refractivity contribution in [3.05, 3.63) is 54.5 Å². The number of nitrogens with one attached hydrogen (secondary N) is 1. The Morgan fingerprint density at radius 3 is 2.62 bits per heavy atom. The summed E-state index contributed by atoms with van der Waals surface area (Å²) in [7, 11) is -4.25. The summed E-state index contributed by atoms with van der Waals surface area (Å²) in [5.41, 5.74) is 5.36. The predicted octanol–water partition coefficient (Wildman–Crippen LogP) is 3.31. The number of nitrogen functional groups attached to an aromatic ring is 1. The summed E-state index contributed by atoms with van der Waals surface area (Å²) < 4.78 is 38.9. The maximum atomic E-state index is 14.1. The Morgan fingerprint density at radius 1 is 1.19 bits per heavy atom. The average Bonchev–Trinajstić information content (AvgIpc) is 3.36. The standard InChI is InChI=1S/C28H38N5O8P/c1-18(27(36)39-19-10-6-3-4-7-11-19)32-42(37,41-20-12-8-5-9-13-20)38-16-28(2)25(35)23(34)24(40-28)21-14-15-22-26(29)30-17-31-33(21)22/h5,8-9,12-15,17-19,23-25,34-35H,3-4,6-7,10-11,16H2,1-2H3,(H,32,37)(H2,29,30,31)/t18-,23-,24-,25-,28+,42?/m0/s1. The predicted molar refractivity (Wildman–Crippen MR) is 152 cm³/mol. The summed E-state index contributed by atoms with van der Waals surface area (Å²) in [4.78, 5) is 16.9. The minimum atomic E-state index is -4.25. The Kier molecular flexibility index (Phi) is 9.17. The fraction of sp³-hybridized carbons (Fsp3) is 0.536. The van der Waals surface area contributed by atoms with Gasteiger partial charge in [-0.2, -0.15) is 10.2 Å². The van der Waals surface area contributed by atoms with Gasteiger partial charge in [0.15, 0.2) is 5.82 Å². The van der Waals surface area contributed by atoms with E-state index in [9.17, 15) is 19.6 Å². The summed E-state index contributed by atoms with van der Waals surface area (Å²) in [6.07, 6.45) is 3.05. The van der Waals surface area contributed by atoms with Crippen LogP contribution in [0.3, 0.4) is 0 Å². The Balaban J connectivity index is 1.31. The van der Waals surface area contributed by atoms with Crippen molar-refractivity contribution in [2.45, 2.75) is 88.4 Å². The number of benzene rings is 1. The maximum absolute atomic E-state index is 14.1. The number of hydrogen-bond donors (Lipinski definition) is 4. The van der Waals surface area contributed by atoms with Gasteiger partial charge in [0.05, 0.1) is 12.3 Å². The van der Waals surface area contributed by atoms with Crippen molar-refractivity contribution in [3.8, 4) is 5.75 Å². The van der Waals surface area contributed by atoms with Crippen molar-refractivity contribution in [1.29, 1.82) is 0 Å². The van der Waals surface area contributed by atoms with Gasteiger partial charge in [-0.3, -0.25) is 9.32 Å². The van der Waals surface area contributed by atoms with E-state index in [2.05, 4.69) is 15.2 Å². The number of nitrogens with two attached hydrogens (primary N) is 1. The van der Waals surface area contributed by atoms with Gasteiger partial charge >= 0.3 is 13.7 Å². The molecule has 228 valence electrons. The molecule has 3 heterocycles. The summed E-state index contributed by atoms with van der Waals surface area (Å²) in [6.45, 7) is 2.59. The second-order valence-corrected chi connectivity index (χ2v) is 12.8. The minimum Gasteiger partial charge on any atom is -0.461 e. The summed E-state index contributed by atoms with van der Waals surface area (Å²) in [5.74, 6) is -0.0831. The number of ether oxygens (including phenoxy) is 2. The quantitative estimate of drug-likeness (QED) is 0.151. The molecular weight excluding hydrogens is 565 g/mol. The molecular formula is C28H38N5O8P. The van der Waals surface area contributed by atoms with E-state index in [0.29, 0.717) is 11.2 Å². The Morgan fingerprint density at radius 2 is 1.90 bits per heavy atom. The van der Waals surface area contributed by atoms with E-state index in [1.807, 2.05) is 0 Å². The molecule has 0 amide bonds. The fourth-order valence-corrected chi connectivity index (χ4v) is 6.92. The van der Waals surface area contributed by atoms with Crippen LogP contribution in [0, 0.1) is 0 Å². The molecule has 2 aromatic heterocycles. The topological polar surface area (TPSA) is 180 Å². The maximum Gasteiger partial charge on any atom is 0.459 e. The molecule has 1 saturated carbocycles. The number of carbonyl (C=O) groups is 1. The van der Waals surface area contributed by atoms with E-state index in [1.54, 1.807) is 42.5 Å². The number of nitrogens with zero attached hydrogens (tertiary/aromatic N) is 3. The molecule has 0 radical (unpaired) electrons. The molecule has 14 heteroatoms. The molecule has 5 rings (SSSR count). The van der Waals surface area contributed by atoms with Gasteiger partial charge in [0.25, 0.3) is 0 Å². The van der Waals surface area contributed by atoms with Crippen molar-refractivity contribution < 1.29 is 38.1 Å². The highest BCUT2D eigenvalue weighted by molar-refractivity contribution is 7.52. The molecule has 0 bridgehead atoms. The molecule has 1 aliphatic heterocycles. The number of carbonyl (C=O) groups excluding carboxylic acids is 1. The lowest BCUT2D eigenvalue weighted by Gasteiger charge is -2.30. The molecule has 2 aliphatic rings. The van der Waals surface area contributed by atoms with Crippen LogP contribution in [0.15, 0.2) is 48.8 Å². The lowest BCUT2D eigenvalue weighted by atomic mass is 9.97. The largest absolute Gasteiger partial charge is 0.461 e. The van der Waals surface area contributed by atoms with Gasteiger partial charge in [-0.05, 0) is 63.8 Å². The average molecular weight is 604 g/mol. The number of aliphatic hydroxyl groups is 2.